The molecule has 28 heavy (non-hydrogen) atoms. The molecular formula is C25H35N2O+. The third kappa shape index (κ3) is 5.02. The first kappa shape index (κ1) is 20.6. The van der Waals surface area contributed by atoms with E-state index in [0.29, 0.717) is 12.5 Å². The number of hydrogen-bond acceptors (Lipinski definition) is 1. The number of rotatable bonds is 6. The third-order valence-corrected chi connectivity index (χ3v) is 6.24. The van der Waals surface area contributed by atoms with Gasteiger partial charge in [-0.3, -0.25) is 4.79 Å². The number of benzene rings is 2. The average molecular weight is 380 g/mol. The molecule has 0 saturated carbocycles. The molecule has 1 fully saturated rings. The Labute approximate surface area is 170 Å². The number of amides is 1. The van der Waals surface area contributed by atoms with Crippen molar-refractivity contribution >= 4 is 11.6 Å². The van der Waals surface area contributed by atoms with Crippen LogP contribution in [0.4, 0.5) is 5.69 Å². The normalized spacial score (nSPS) is 22.5. The minimum atomic E-state index is 0.152. The van der Waals surface area contributed by atoms with Gasteiger partial charge in [0.1, 0.15) is 0 Å². The van der Waals surface area contributed by atoms with Crippen molar-refractivity contribution in [1.82, 2.24) is 0 Å². The second kappa shape index (κ2) is 9.38. The van der Waals surface area contributed by atoms with E-state index in [1.165, 1.54) is 24.8 Å². The number of quaternary nitrogens is 1. The fraction of sp³-hybridized carbons (Fsp3) is 0.480. The molecule has 0 spiro atoms. The minimum Gasteiger partial charge on any atom is -0.321 e. The highest BCUT2D eigenvalue weighted by Crippen LogP contribution is 2.31. The quantitative estimate of drug-likeness (QED) is 0.666. The van der Waals surface area contributed by atoms with E-state index < -0.39 is 0 Å². The predicted molar refractivity (Wildman–Crippen MR) is 118 cm³/mol. The second-order valence-corrected chi connectivity index (χ2v) is 8.55. The molecule has 1 aliphatic heterocycles. The molecule has 3 heteroatoms. The van der Waals surface area contributed by atoms with Crippen LogP contribution in [0.25, 0.3) is 0 Å². The lowest BCUT2D eigenvalue weighted by Gasteiger charge is -2.39. The number of anilines is 1. The molecule has 0 aromatic heterocycles. The van der Waals surface area contributed by atoms with Crippen molar-refractivity contribution in [2.75, 3.05) is 31.5 Å². The highest BCUT2D eigenvalue weighted by molar-refractivity contribution is 5.93. The topological polar surface area (TPSA) is 29.1 Å². The number of nitrogens with zero attached hydrogens (tertiary/aromatic N) is 1. The van der Waals surface area contributed by atoms with Gasteiger partial charge in [0, 0.05) is 11.6 Å². The monoisotopic (exact) mass is 379 g/mol. The van der Waals surface area contributed by atoms with Gasteiger partial charge < -0.3 is 9.80 Å². The van der Waals surface area contributed by atoms with Crippen molar-refractivity contribution < 1.29 is 9.28 Å². The molecule has 150 valence electrons. The van der Waals surface area contributed by atoms with Crippen LogP contribution in [0, 0.1) is 13.8 Å². The maximum Gasteiger partial charge on any atom is 0.279 e. The lowest BCUT2D eigenvalue weighted by molar-refractivity contribution is -0.921. The maximum absolute atomic E-state index is 13.1. The molecule has 1 heterocycles. The van der Waals surface area contributed by atoms with Gasteiger partial charge >= 0.3 is 0 Å². The summed E-state index contributed by atoms with van der Waals surface area (Å²) in [4.78, 5) is 13.1. The standard InChI is InChI=1S/C25H34N2O/c1-4-16-27(19-24(28)26-25-20(2)11-10-12-21(25)3)17-9-8-15-23(18-27)22-13-6-5-7-14-22/h5-7,10-14,23H,4,8-9,15-19H2,1-3H3/p+1. The second-order valence-electron chi connectivity index (χ2n) is 8.55. The maximum atomic E-state index is 13.1. The lowest BCUT2D eigenvalue weighted by atomic mass is 9.94. The van der Waals surface area contributed by atoms with E-state index in [4.69, 9.17) is 0 Å². The Bertz CT molecular complexity index is 766. The number of aryl methyl sites for hydroxylation is 2. The lowest BCUT2D eigenvalue weighted by Crippen LogP contribution is -2.54. The molecule has 1 saturated heterocycles. The Morgan fingerprint density at radius 2 is 1.75 bits per heavy atom. The van der Waals surface area contributed by atoms with Crippen molar-refractivity contribution in [2.45, 2.75) is 52.4 Å². The molecule has 2 aromatic carbocycles. The number of carbonyl (C=O) groups excluding carboxylic acids is 1. The molecule has 1 N–H and O–H groups in total. The van der Waals surface area contributed by atoms with Gasteiger partial charge in [0.25, 0.3) is 5.91 Å². The van der Waals surface area contributed by atoms with E-state index in [9.17, 15) is 4.79 Å². The Balaban J connectivity index is 1.79. The molecule has 2 atom stereocenters. The van der Waals surface area contributed by atoms with Crippen molar-refractivity contribution in [1.29, 1.82) is 0 Å². The molecular weight excluding hydrogens is 344 g/mol. The first-order valence-electron chi connectivity index (χ1n) is 10.8. The number of nitrogens with one attached hydrogen (secondary N) is 1. The van der Waals surface area contributed by atoms with E-state index in [2.05, 4.69) is 68.6 Å². The van der Waals surface area contributed by atoms with E-state index in [1.807, 2.05) is 6.07 Å². The first-order valence-corrected chi connectivity index (χ1v) is 10.8. The summed E-state index contributed by atoms with van der Waals surface area (Å²) in [6.45, 7) is 10.2. The van der Waals surface area contributed by atoms with Crippen LogP contribution in [0.5, 0.6) is 0 Å². The number of likely N-dealkylation sites (tertiary alicyclic amines) is 1. The molecule has 2 unspecified atom stereocenters. The van der Waals surface area contributed by atoms with Crippen LogP contribution < -0.4 is 5.32 Å². The molecule has 2 aromatic rings. The van der Waals surface area contributed by atoms with Gasteiger partial charge in [-0.15, -0.1) is 0 Å². The zero-order valence-corrected chi connectivity index (χ0v) is 17.7. The SMILES string of the molecule is CCC[N+]1(CC(=O)Nc2c(C)cccc2C)CCCCC(c2ccccc2)C1. The van der Waals surface area contributed by atoms with E-state index in [1.54, 1.807) is 0 Å². The summed E-state index contributed by atoms with van der Waals surface area (Å²) in [6, 6.07) is 17.1. The fourth-order valence-electron chi connectivity index (χ4n) is 4.88. The van der Waals surface area contributed by atoms with Crippen LogP contribution in [-0.2, 0) is 4.79 Å². The summed E-state index contributed by atoms with van der Waals surface area (Å²) in [5.41, 5.74) is 4.68. The van der Waals surface area contributed by atoms with Gasteiger partial charge in [-0.1, -0.05) is 55.5 Å². The van der Waals surface area contributed by atoms with Gasteiger partial charge in [0.05, 0.1) is 19.6 Å². The van der Waals surface area contributed by atoms with Crippen molar-refractivity contribution in [2.24, 2.45) is 0 Å². The molecule has 1 aliphatic rings. The number of para-hydroxylation sites is 1. The molecule has 0 aliphatic carbocycles. The zero-order valence-electron chi connectivity index (χ0n) is 17.7. The van der Waals surface area contributed by atoms with E-state index in [-0.39, 0.29) is 5.91 Å². The summed E-state index contributed by atoms with van der Waals surface area (Å²) in [5, 5.41) is 3.23. The van der Waals surface area contributed by atoms with Crippen LogP contribution in [0.3, 0.4) is 0 Å². The minimum absolute atomic E-state index is 0.152. The summed E-state index contributed by atoms with van der Waals surface area (Å²) >= 11 is 0. The van der Waals surface area contributed by atoms with Gasteiger partial charge in [-0.2, -0.15) is 0 Å². The summed E-state index contributed by atoms with van der Waals surface area (Å²) in [5.74, 6) is 0.697. The highest BCUT2D eigenvalue weighted by atomic mass is 16.2. The molecule has 3 nitrogen and oxygen atoms in total. The number of carbonyl (C=O) groups is 1. The van der Waals surface area contributed by atoms with Crippen molar-refractivity contribution in [3.8, 4) is 0 Å². The summed E-state index contributed by atoms with van der Waals surface area (Å²) in [7, 11) is 0. The van der Waals surface area contributed by atoms with Gasteiger partial charge in [-0.25, -0.2) is 0 Å². The van der Waals surface area contributed by atoms with Crippen molar-refractivity contribution in [3.05, 3.63) is 65.2 Å². The Kier molecular flexibility index (Phi) is 6.90. The highest BCUT2D eigenvalue weighted by Gasteiger charge is 2.35. The molecule has 3 rings (SSSR count). The van der Waals surface area contributed by atoms with Crippen LogP contribution >= 0.6 is 0 Å². The van der Waals surface area contributed by atoms with Gasteiger partial charge in [0.15, 0.2) is 6.54 Å². The predicted octanol–water partition coefficient (Wildman–Crippen LogP) is 5.44. The Hall–Kier alpha value is -2.13. The van der Waals surface area contributed by atoms with Crippen LogP contribution in [0.15, 0.2) is 48.5 Å². The Morgan fingerprint density at radius 1 is 1.04 bits per heavy atom. The van der Waals surface area contributed by atoms with E-state index in [0.717, 1.165) is 47.4 Å². The van der Waals surface area contributed by atoms with Crippen molar-refractivity contribution in [3.63, 3.8) is 0 Å². The third-order valence-electron chi connectivity index (χ3n) is 6.24. The van der Waals surface area contributed by atoms with E-state index >= 15 is 0 Å². The average Bonchev–Trinajstić information content (AvgIpc) is 2.89. The smallest absolute Gasteiger partial charge is 0.279 e. The fourth-order valence-corrected chi connectivity index (χ4v) is 4.88. The van der Waals surface area contributed by atoms with Crippen LogP contribution in [0.2, 0.25) is 0 Å². The van der Waals surface area contributed by atoms with Crippen LogP contribution in [-0.4, -0.2) is 36.6 Å². The Morgan fingerprint density at radius 3 is 2.43 bits per heavy atom. The first-order chi connectivity index (χ1) is 13.5. The number of hydrogen-bond donors (Lipinski definition) is 1. The molecule has 0 radical (unpaired) electrons. The summed E-state index contributed by atoms with van der Waals surface area (Å²) in [6.07, 6.45) is 4.80. The summed E-state index contributed by atoms with van der Waals surface area (Å²) < 4.78 is 0.910. The van der Waals surface area contributed by atoms with Crippen LogP contribution in [0.1, 0.15) is 55.2 Å². The zero-order chi connectivity index (χ0) is 20.0. The van der Waals surface area contributed by atoms with Gasteiger partial charge in [0.2, 0.25) is 0 Å². The molecule has 1 amide bonds. The largest absolute Gasteiger partial charge is 0.321 e. The molecule has 0 bridgehead atoms. The van der Waals surface area contributed by atoms with Gasteiger partial charge in [-0.05, 0) is 56.2 Å².